The van der Waals surface area contributed by atoms with Crippen LogP contribution in [-0.4, -0.2) is 47.7 Å². The van der Waals surface area contributed by atoms with E-state index in [1.165, 1.54) is 30.9 Å². The Labute approximate surface area is 122 Å². The van der Waals surface area contributed by atoms with Gasteiger partial charge in [0.2, 0.25) is 10.0 Å². The fraction of sp³-hybridized carbons (Fsp3) is 0.231. The Hall–Kier alpha value is -2.19. The highest BCUT2D eigenvalue weighted by Gasteiger charge is 2.21. The molecule has 112 valence electrons. The predicted molar refractivity (Wildman–Crippen MR) is 76.1 cm³/mol. The molecule has 0 radical (unpaired) electrons. The van der Waals surface area contributed by atoms with Crippen molar-refractivity contribution in [3.05, 3.63) is 41.7 Å². The number of nitrogens with zero attached hydrogens (tertiary/aromatic N) is 3. The van der Waals surface area contributed by atoms with Gasteiger partial charge < -0.3 is 5.11 Å². The van der Waals surface area contributed by atoms with Crippen LogP contribution in [0, 0.1) is 6.92 Å². The summed E-state index contributed by atoms with van der Waals surface area (Å²) < 4.78 is 26.6. The summed E-state index contributed by atoms with van der Waals surface area (Å²) in [7, 11) is -0.907. The maximum atomic E-state index is 12.1. The molecule has 0 amide bonds. The fourth-order valence-electron chi connectivity index (χ4n) is 1.80. The first-order valence-electron chi connectivity index (χ1n) is 6.05. The smallest absolute Gasteiger partial charge is 0.337 e. The lowest BCUT2D eigenvalue weighted by atomic mass is 10.2. The van der Waals surface area contributed by atoms with Gasteiger partial charge in [-0.25, -0.2) is 22.2 Å². The Bertz CT molecular complexity index is 793. The van der Waals surface area contributed by atoms with Gasteiger partial charge in [-0.1, -0.05) is 0 Å². The van der Waals surface area contributed by atoms with Crippen LogP contribution in [0.15, 0.2) is 35.5 Å². The third-order valence-electron chi connectivity index (χ3n) is 2.94. The quantitative estimate of drug-likeness (QED) is 0.914. The monoisotopic (exact) mass is 309 g/mol. The number of carbonyl (C=O) groups is 1. The Morgan fingerprint density at radius 3 is 2.48 bits per heavy atom. The molecule has 0 atom stereocenters. The zero-order chi connectivity index (χ0) is 15.8. The maximum absolute atomic E-state index is 12.1. The zero-order valence-electron chi connectivity index (χ0n) is 11.8. The molecule has 0 fully saturated rings. The van der Waals surface area contributed by atoms with Gasteiger partial charge in [-0.05, 0) is 30.7 Å². The molecule has 0 bridgehead atoms. The van der Waals surface area contributed by atoms with E-state index in [1.54, 1.807) is 12.4 Å². The number of aryl methyl sites for hydroxylation is 1. The van der Waals surface area contributed by atoms with E-state index in [2.05, 4.69) is 5.10 Å². The number of aromatic carboxylic acids is 1. The molecule has 0 unspecified atom stereocenters. The topological polar surface area (TPSA) is 92.5 Å². The highest BCUT2D eigenvalue weighted by atomic mass is 32.2. The molecule has 0 aliphatic rings. The van der Waals surface area contributed by atoms with Crippen molar-refractivity contribution in [3.8, 4) is 5.69 Å². The molecular formula is C13H15N3O4S. The molecular weight excluding hydrogens is 294 g/mol. The van der Waals surface area contributed by atoms with Crippen molar-refractivity contribution < 1.29 is 18.3 Å². The molecule has 0 aliphatic heterocycles. The first kappa shape index (κ1) is 15.2. The van der Waals surface area contributed by atoms with Crippen LogP contribution in [0.5, 0.6) is 0 Å². The van der Waals surface area contributed by atoms with Crippen molar-refractivity contribution in [1.29, 1.82) is 0 Å². The van der Waals surface area contributed by atoms with E-state index in [-0.39, 0.29) is 10.5 Å². The van der Waals surface area contributed by atoms with Crippen LogP contribution >= 0.6 is 0 Å². The third-order valence-corrected chi connectivity index (χ3v) is 4.75. The summed E-state index contributed by atoms with van der Waals surface area (Å²) in [6, 6.07) is 3.95. The standard InChI is InChI=1S/C13H15N3O4S/c1-9-7-14-16(8-9)12-5-4-10(6-11(12)13(17)18)21(19,20)15(2)3/h4-8H,1-3H3,(H,17,18). The number of hydrogen-bond acceptors (Lipinski definition) is 4. The molecule has 2 aromatic rings. The van der Waals surface area contributed by atoms with E-state index in [0.29, 0.717) is 5.69 Å². The average Bonchev–Trinajstić information content (AvgIpc) is 2.84. The van der Waals surface area contributed by atoms with Gasteiger partial charge in [0, 0.05) is 20.3 Å². The first-order valence-corrected chi connectivity index (χ1v) is 7.49. The number of carboxylic acids is 1. The SMILES string of the molecule is Cc1cnn(-c2ccc(S(=O)(=O)N(C)C)cc2C(=O)O)c1. The minimum atomic E-state index is -3.69. The van der Waals surface area contributed by atoms with Crippen molar-refractivity contribution in [2.75, 3.05) is 14.1 Å². The summed E-state index contributed by atoms with van der Waals surface area (Å²) in [6.07, 6.45) is 3.26. The van der Waals surface area contributed by atoms with Gasteiger partial charge >= 0.3 is 5.97 Å². The minimum absolute atomic E-state index is 0.0717. The largest absolute Gasteiger partial charge is 0.478 e. The van der Waals surface area contributed by atoms with Gasteiger partial charge in [0.1, 0.15) is 0 Å². The molecule has 2 rings (SSSR count). The van der Waals surface area contributed by atoms with Crippen LogP contribution in [0.2, 0.25) is 0 Å². The van der Waals surface area contributed by atoms with Crippen LogP contribution in [-0.2, 0) is 10.0 Å². The van der Waals surface area contributed by atoms with E-state index < -0.39 is 16.0 Å². The highest BCUT2D eigenvalue weighted by Crippen LogP contribution is 2.21. The number of rotatable bonds is 4. The van der Waals surface area contributed by atoms with Gasteiger partial charge in [-0.15, -0.1) is 0 Å². The molecule has 1 aromatic carbocycles. The zero-order valence-corrected chi connectivity index (χ0v) is 12.6. The number of sulfonamides is 1. The van der Waals surface area contributed by atoms with Crippen molar-refractivity contribution in [2.45, 2.75) is 11.8 Å². The van der Waals surface area contributed by atoms with Crippen molar-refractivity contribution in [2.24, 2.45) is 0 Å². The van der Waals surface area contributed by atoms with E-state index in [1.807, 2.05) is 6.92 Å². The molecule has 0 saturated carbocycles. The number of aromatic nitrogens is 2. The van der Waals surface area contributed by atoms with Crippen LogP contribution < -0.4 is 0 Å². The molecule has 8 heteroatoms. The van der Waals surface area contributed by atoms with Gasteiger partial charge in [-0.2, -0.15) is 5.10 Å². The normalized spacial score (nSPS) is 11.8. The molecule has 0 spiro atoms. The summed E-state index contributed by atoms with van der Waals surface area (Å²) in [5.74, 6) is -1.21. The number of benzene rings is 1. The van der Waals surface area contributed by atoms with Gasteiger partial charge in [0.25, 0.3) is 0 Å². The van der Waals surface area contributed by atoms with E-state index in [9.17, 15) is 18.3 Å². The lowest BCUT2D eigenvalue weighted by Crippen LogP contribution is -2.22. The molecule has 0 aliphatic carbocycles. The number of carboxylic acid groups (broad SMARTS) is 1. The molecule has 1 aromatic heterocycles. The Balaban J connectivity index is 2.64. The molecule has 1 heterocycles. The summed E-state index contributed by atoms with van der Waals surface area (Å²) >= 11 is 0. The van der Waals surface area contributed by atoms with Gasteiger partial charge in [-0.3, -0.25) is 0 Å². The van der Waals surface area contributed by atoms with Crippen molar-refractivity contribution in [1.82, 2.24) is 14.1 Å². The van der Waals surface area contributed by atoms with Gasteiger partial charge in [0.15, 0.2) is 0 Å². The third kappa shape index (κ3) is 2.81. The minimum Gasteiger partial charge on any atom is -0.478 e. The van der Waals surface area contributed by atoms with E-state index in [4.69, 9.17) is 0 Å². The second-order valence-electron chi connectivity index (χ2n) is 4.73. The average molecular weight is 309 g/mol. The predicted octanol–water partition coefficient (Wildman–Crippen LogP) is 1.13. The fourth-order valence-corrected chi connectivity index (χ4v) is 2.73. The van der Waals surface area contributed by atoms with Crippen LogP contribution in [0.3, 0.4) is 0 Å². The Morgan fingerprint density at radius 2 is 2.00 bits per heavy atom. The summed E-state index contributed by atoms with van der Waals surface area (Å²) in [5.41, 5.74) is 1.06. The second kappa shape index (κ2) is 5.30. The lowest BCUT2D eigenvalue weighted by molar-refractivity contribution is 0.0696. The van der Waals surface area contributed by atoms with Crippen LogP contribution in [0.1, 0.15) is 15.9 Å². The van der Waals surface area contributed by atoms with E-state index >= 15 is 0 Å². The molecule has 21 heavy (non-hydrogen) atoms. The Morgan fingerprint density at radius 1 is 1.33 bits per heavy atom. The molecule has 0 saturated heterocycles. The van der Waals surface area contributed by atoms with Crippen molar-refractivity contribution in [3.63, 3.8) is 0 Å². The number of hydrogen-bond donors (Lipinski definition) is 1. The lowest BCUT2D eigenvalue weighted by Gasteiger charge is -2.13. The van der Waals surface area contributed by atoms with Crippen LogP contribution in [0.25, 0.3) is 5.69 Å². The van der Waals surface area contributed by atoms with E-state index in [0.717, 1.165) is 15.9 Å². The summed E-state index contributed by atoms with van der Waals surface area (Å²) in [5, 5.41) is 13.4. The van der Waals surface area contributed by atoms with Crippen LogP contribution in [0.4, 0.5) is 0 Å². The highest BCUT2D eigenvalue weighted by molar-refractivity contribution is 7.89. The Kier molecular flexibility index (Phi) is 3.84. The second-order valence-corrected chi connectivity index (χ2v) is 6.89. The summed E-state index contributed by atoms with van der Waals surface area (Å²) in [6.45, 7) is 1.83. The maximum Gasteiger partial charge on any atom is 0.337 e. The summed E-state index contributed by atoms with van der Waals surface area (Å²) in [4.78, 5) is 11.3. The van der Waals surface area contributed by atoms with Crippen molar-refractivity contribution >= 4 is 16.0 Å². The van der Waals surface area contributed by atoms with Gasteiger partial charge in [0.05, 0.1) is 22.3 Å². The first-order chi connectivity index (χ1) is 9.73. The molecule has 1 N–H and O–H groups in total. The molecule has 7 nitrogen and oxygen atoms in total.